The van der Waals surface area contributed by atoms with Gasteiger partial charge < -0.3 is 9.11 Å². The van der Waals surface area contributed by atoms with Gasteiger partial charge in [0, 0.05) is 32.3 Å². The molecule has 1 radical (unpaired) electrons. The average molecular weight is 971 g/mol. The number of benzene rings is 6. The molecular weight excluding hydrogens is 957 g/mol. The van der Waals surface area contributed by atoms with Gasteiger partial charge in [-0.1, -0.05) is 46.4 Å². The van der Waals surface area contributed by atoms with Crippen LogP contribution < -0.4 is 21.4 Å². The zero-order valence-corrected chi connectivity index (χ0v) is 35.5. The molecule has 0 unspecified atom stereocenters. The van der Waals surface area contributed by atoms with E-state index in [9.17, 15) is 45.1 Å². The summed E-state index contributed by atoms with van der Waals surface area (Å²) in [4.78, 5) is 67.9. The van der Waals surface area contributed by atoms with Crippen LogP contribution in [0.3, 0.4) is 0 Å². The molecule has 0 aromatic heterocycles. The standard InChI is InChI=1S/2C20H8Cl2N2O5S.Mn/c2*21-8-1-2-9-14(3-8)23-15-5-11-16(4-10(15)19(9)25)24-17-7-13(22)18(30(27,28)29)6-12(17)20(11)26;/h2*1-7H,(H,27,28,29);/q;;+2/p-2. The number of carbonyl (C=O) groups excluding carboxylic acids is 4. The first-order valence-electron chi connectivity index (χ1n) is 16.9. The molecule has 6 aromatic carbocycles. The van der Waals surface area contributed by atoms with Crippen molar-refractivity contribution in [2.75, 3.05) is 0 Å². The predicted molar refractivity (Wildman–Crippen MR) is 212 cm³/mol. The van der Waals surface area contributed by atoms with E-state index < -0.39 is 41.6 Å². The molecule has 10 rings (SSSR count). The molecule has 0 spiro atoms. The molecular formula is C40H14Cl4MnN4O10S2. The van der Waals surface area contributed by atoms with Crippen molar-refractivity contribution >= 4 is 113 Å². The van der Waals surface area contributed by atoms with Gasteiger partial charge in [0.1, 0.15) is 20.2 Å². The van der Waals surface area contributed by atoms with Crippen LogP contribution in [0.4, 0.5) is 22.7 Å². The number of ketones is 4. The Morgan fingerprint density at radius 2 is 0.656 bits per heavy atom. The zero-order valence-electron chi connectivity index (χ0n) is 29.7. The Bertz CT molecular complexity index is 3410. The summed E-state index contributed by atoms with van der Waals surface area (Å²) in [6.07, 6.45) is 0. The minimum absolute atomic E-state index is 0. The summed E-state index contributed by atoms with van der Waals surface area (Å²) in [7, 11) is -9.76. The zero-order chi connectivity index (χ0) is 42.7. The Labute approximate surface area is 372 Å². The number of halogens is 4. The number of nitrogens with zero attached hydrogens (tertiary/aromatic N) is 4. The van der Waals surface area contributed by atoms with Gasteiger partial charge >= 0.3 is 17.1 Å². The smallest absolute Gasteiger partial charge is 0.744 e. The summed E-state index contributed by atoms with van der Waals surface area (Å²) < 4.78 is 68.5. The van der Waals surface area contributed by atoms with Crippen LogP contribution in [0.15, 0.2) is 115 Å². The molecule has 0 N–H and O–H groups in total. The van der Waals surface area contributed by atoms with Crippen molar-refractivity contribution in [3.8, 4) is 0 Å². The fourth-order valence-electron chi connectivity index (χ4n) is 6.95. The van der Waals surface area contributed by atoms with Gasteiger partial charge in [0.25, 0.3) is 0 Å². The van der Waals surface area contributed by atoms with Crippen molar-refractivity contribution < 1.29 is 62.2 Å². The third-order valence-corrected chi connectivity index (χ3v) is 12.8. The largest absolute Gasteiger partial charge is 2.00 e. The van der Waals surface area contributed by atoms with Crippen molar-refractivity contribution in [3.63, 3.8) is 0 Å². The average Bonchev–Trinajstić information content (AvgIpc) is 3.16. The van der Waals surface area contributed by atoms with Crippen molar-refractivity contribution in [3.05, 3.63) is 171 Å². The maximum absolute atomic E-state index is 13.0. The first-order chi connectivity index (χ1) is 28.3. The van der Waals surface area contributed by atoms with Crippen LogP contribution in [0.25, 0.3) is 0 Å². The van der Waals surface area contributed by atoms with Crippen molar-refractivity contribution in [2.45, 2.75) is 9.79 Å². The summed E-state index contributed by atoms with van der Waals surface area (Å²) >= 11 is 23.8. The summed E-state index contributed by atoms with van der Waals surface area (Å²) in [5.74, 6) is -1.68. The second-order valence-electron chi connectivity index (χ2n) is 13.4. The van der Waals surface area contributed by atoms with E-state index in [1.807, 2.05) is 0 Å². The number of fused-ring (bicyclic) bond motifs is 8. The predicted octanol–water partition coefficient (Wildman–Crippen LogP) is 5.78. The summed E-state index contributed by atoms with van der Waals surface area (Å²) in [6, 6.07) is 19.3. The Morgan fingerprint density at radius 1 is 0.377 bits per heavy atom. The van der Waals surface area contributed by atoms with Crippen molar-refractivity contribution in [1.29, 1.82) is 0 Å². The fourth-order valence-corrected chi connectivity index (χ4v) is 9.28. The van der Waals surface area contributed by atoms with E-state index in [0.717, 1.165) is 24.3 Å². The first kappa shape index (κ1) is 42.4. The molecule has 301 valence electrons. The Kier molecular flexibility index (Phi) is 10.4. The molecule has 0 bridgehead atoms. The molecule has 0 atom stereocenters. The molecule has 4 aliphatic heterocycles. The third kappa shape index (κ3) is 7.26. The van der Waals surface area contributed by atoms with E-state index in [1.54, 1.807) is 36.4 Å². The molecule has 0 amide bonds. The molecule has 0 fully saturated rings. The Balaban J connectivity index is 0.000000166. The number of hydrogen-bond acceptors (Lipinski definition) is 14. The van der Waals surface area contributed by atoms with E-state index in [2.05, 4.69) is 20.0 Å². The number of rotatable bonds is 2. The van der Waals surface area contributed by atoms with Crippen LogP contribution in [-0.2, 0) is 37.3 Å². The maximum Gasteiger partial charge on any atom is 2.00 e. The summed E-state index contributed by atoms with van der Waals surface area (Å²) in [6.45, 7) is 0. The van der Waals surface area contributed by atoms with Crippen LogP contribution >= 0.6 is 46.4 Å². The molecule has 6 aromatic rings. The number of hydrogen-bond donors (Lipinski definition) is 0. The van der Waals surface area contributed by atoms with Gasteiger partial charge in [-0.25, -0.2) is 36.8 Å². The Morgan fingerprint density at radius 3 is 0.951 bits per heavy atom. The molecule has 0 aliphatic carbocycles. The molecule has 21 heteroatoms. The molecule has 61 heavy (non-hydrogen) atoms. The first-order valence-corrected chi connectivity index (χ1v) is 21.2. The monoisotopic (exact) mass is 969 g/mol. The van der Waals surface area contributed by atoms with Crippen LogP contribution in [-0.4, -0.2) is 49.1 Å². The van der Waals surface area contributed by atoms with Gasteiger partial charge in [0.2, 0.25) is 0 Å². The molecule has 0 saturated carbocycles. The minimum Gasteiger partial charge on any atom is -0.744 e. The van der Waals surface area contributed by atoms with Gasteiger partial charge in [0.15, 0.2) is 23.1 Å². The molecule has 14 nitrogen and oxygen atoms in total. The molecule has 4 heterocycles. The normalized spacial score (nSPS) is 13.9. The molecule has 4 aliphatic rings. The van der Waals surface area contributed by atoms with E-state index >= 15 is 0 Å². The van der Waals surface area contributed by atoms with Gasteiger partial charge in [0.05, 0.1) is 86.3 Å². The summed E-state index contributed by atoms with van der Waals surface area (Å²) in [5, 5.41) is 1.14. The Hall–Kier alpha value is -5.30. The van der Waals surface area contributed by atoms with Crippen LogP contribution in [0.1, 0.15) is 63.7 Å². The van der Waals surface area contributed by atoms with E-state index in [4.69, 9.17) is 46.4 Å². The molecule has 0 saturated heterocycles. The van der Waals surface area contributed by atoms with Crippen molar-refractivity contribution in [1.82, 2.24) is 0 Å². The SMILES string of the molecule is O=C1c2ccc(Cl)cc2N=c2cc3c(cc21)=Nc1cc(Cl)c(S(=O)(=O)[O-])cc1C3=O.O=C1c2ccc(Cl)cc2N=c2cc3c(cc21)=Nc1cc(Cl)c(S(=O)(=O)[O-])cc1C3=O.[Mn+2]. The minimum atomic E-state index is -4.88. The van der Waals surface area contributed by atoms with E-state index in [-0.39, 0.29) is 105 Å². The maximum atomic E-state index is 13.0. The fraction of sp³-hybridized carbons (Fsp3) is 0. The second-order valence-corrected chi connectivity index (χ2v) is 17.8. The van der Waals surface area contributed by atoms with Gasteiger partial charge in [-0.15, -0.1) is 0 Å². The van der Waals surface area contributed by atoms with Crippen LogP contribution in [0.2, 0.25) is 20.1 Å². The quantitative estimate of drug-likeness (QED) is 0.150. The topological polar surface area (TPSA) is 232 Å². The van der Waals surface area contributed by atoms with Gasteiger partial charge in [-0.05, 0) is 84.9 Å². The summed E-state index contributed by atoms with van der Waals surface area (Å²) in [5.41, 5.74) is 2.37. The van der Waals surface area contributed by atoms with E-state index in [1.165, 1.54) is 24.3 Å². The second kappa shape index (κ2) is 15.0. The van der Waals surface area contributed by atoms with E-state index in [0.29, 0.717) is 32.5 Å². The van der Waals surface area contributed by atoms with Crippen LogP contribution in [0, 0.1) is 0 Å². The van der Waals surface area contributed by atoms with Crippen molar-refractivity contribution in [2.24, 2.45) is 20.0 Å². The number of carbonyl (C=O) groups is 4. The van der Waals surface area contributed by atoms with Gasteiger partial charge in [-0.3, -0.25) is 19.2 Å². The third-order valence-electron chi connectivity index (χ3n) is 9.71. The van der Waals surface area contributed by atoms with Crippen LogP contribution in [0.5, 0.6) is 0 Å². The van der Waals surface area contributed by atoms with Gasteiger partial charge in [-0.2, -0.15) is 0 Å².